The van der Waals surface area contributed by atoms with Crippen LogP contribution >= 0.6 is 0 Å². The molecule has 0 aliphatic carbocycles. The first kappa shape index (κ1) is 21.0. The molecular weight excluding hydrogens is 334 g/mol. The molecule has 146 valence electrons. The molecule has 0 unspecified atom stereocenters. The van der Waals surface area contributed by atoms with Gasteiger partial charge in [-0.3, -0.25) is 4.79 Å². The third-order valence-corrected chi connectivity index (χ3v) is 4.72. The van der Waals surface area contributed by atoms with Crippen LogP contribution in [-0.4, -0.2) is 18.6 Å². The minimum absolute atomic E-state index is 0.0354. The smallest absolute Gasteiger partial charge is 0.261 e. The highest BCUT2D eigenvalue weighted by Gasteiger charge is 2.18. The molecule has 0 aromatic heterocycles. The van der Waals surface area contributed by atoms with E-state index in [1.54, 1.807) is 0 Å². The van der Waals surface area contributed by atoms with E-state index in [9.17, 15) is 4.79 Å². The summed E-state index contributed by atoms with van der Waals surface area (Å²) in [6.45, 7) is 11.1. The molecule has 0 spiro atoms. The van der Waals surface area contributed by atoms with Gasteiger partial charge in [0.2, 0.25) is 0 Å². The van der Waals surface area contributed by atoms with Gasteiger partial charge < -0.3 is 10.1 Å². The van der Waals surface area contributed by atoms with Gasteiger partial charge in [-0.25, -0.2) is 0 Å². The molecule has 2 rings (SSSR count). The summed E-state index contributed by atoms with van der Waals surface area (Å²) in [6.07, 6.45) is 2.09. The highest BCUT2D eigenvalue weighted by atomic mass is 16.5. The molecule has 1 atom stereocenters. The van der Waals surface area contributed by atoms with Crippen molar-refractivity contribution in [1.82, 2.24) is 5.32 Å². The number of rotatable bonds is 9. The van der Waals surface area contributed by atoms with Gasteiger partial charge in [0.15, 0.2) is 6.10 Å². The van der Waals surface area contributed by atoms with Crippen LogP contribution in [0.4, 0.5) is 0 Å². The molecular formula is C24H33NO2. The number of carbonyl (C=O) groups excluding carboxylic acids is 1. The Balaban J connectivity index is 1.79. The van der Waals surface area contributed by atoms with Crippen molar-refractivity contribution in [1.29, 1.82) is 0 Å². The molecule has 0 saturated carbocycles. The molecule has 2 aromatic rings. The highest BCUT2D eigenvalue weighted by molar-refractivity contribution is 5.81. The zero-order chi connectivity index (χ0) is 19.8. The lowest BCUT2D eigenvalue weighted by Crippen LogP contribution is -2.38. The molecule has 3 nitrogen and oxygen atoms in total. The number of hydrogen-bond donors (Lipinski definition) is 1. The van der Waals surface area contributed by atoms with Crippen molar-refractivity contribution in [3.8, 4) is 5.75 Å². The lowest BCUT2D eigenvalue weighted by Gasteiger charge is -2.18. The fourth-order valence-corrected chi connectivity index (χ4v) is 3.17. The molecule has 3 heteroatoms. The molecule has 0 heterocycles. The number of carbonyl (C=O) groups is 1. The fraction of sp³-hybridized carbons (Fsp3) is 0.458. The maximum absolute atomic E-state index is 12.4. The third-order valence-electron chi connectivity index (χ3n) is 4.72. The highest BCUT2D eigenvalue weighted by Crippen LogP contribution is 2.19. The monoisotopic (exact) mass is 367 g/mol. The largest absolute Gasteiger partial charge is 0.481 e. The summed E-state index contributed by atoms with van der Waals surface area (Å²) < 4.78 is 5.93. The van der Waals surface area contributed by atoms with Gasteiger partial charge in [-0.15, -0.1) is 0 Å². The van der Waals surface area contributed by atoms with E-state index in [0.717, 1.165) is 29.7 Å². The van der Waals surface area contributed by atoms with Gasteiger partial charge in [0, 0.05) is 6.54 Å². The Kier molecular flexibility index (Phi) is 7.90. The third kappa shape index (κ3) is 6.74. The Bertz CT molecular complexity index is 714. The maximum Gasteiger partial charge on any atom is 0.261 e. The summed E-state index contributed by atoms with van der Waals surface area (Å²) in [5, 5.41) is 3.02. The molecule has 1 amide bonds. The summed E-state index contributed by atoms with van der Waals surface area (Å²) in [5.41, 5.74) is 4.96. The van der Waals surface area contributed by atoms with Gasteiger partial charge in [0.05, 0.1) is 0 Å². The standard InChI is InChI=1S/C24H33NO2/c1-6-23(27-22-15-18(4)14-19(5)16-22)24(26)25-13-7-8-20-9-11-21(12-10-20)17(2)3/h9-12,14-17,23H,6-8,13H2,1-5H3,(H,25,26)/t23-/m1/s1. The Morgan fingerprint density at radius 1 is 1.04 bits per heavy atom. The van der Waals surface area contributed by atoms with E-state index in [1.165, 1.54) is 11.1 Å². The number of amides is 1. The predicted molar refractivity (Wildman–Crippen MR) is 112 cm³/mol. The second-order valence-corrected chi connectivity index (χ2v) is 7.63. The minimum atomic E-state index is -0.448. The molecule has 0 saturated heterocycles. The van der Waals surface area contributed by atoms with Crippen LogP contribution in [0.5, 0.6) is 5.75 Å². The quantitative estimate of drug-likeness (QED) is 0.608. The maximum atomic E-state index is 12.4. The van der Waals surface area contributed by atoms with Gasteiger partial charge >= 0.3 is 0 Å². The molecule has 0 radical (unpaired) electrons. The zero-order valence-electron chi connectivity index (χ0n) is 17.3. The van der Waals surface area contributed by atoms with E-state index in [2.05, 4.69) is 49.5 Å². The average molecular weight is 368 g/mol. The number of aryl methyl sites for hydroxylation is 3. The van der Waals surface area contributed by atoms with Crippen molar-refractivity contribution in [2.45, 2.75) is 65.9 Å². The SMILES string of the molecule is CC[C@@H](Oc1cc(C)cc(C)c1)C(=O)NCCCc1ccc(C(C)C)cc1. The Labute approximate surface area is 164 Å². The first-order chi connectivity index (χ1) is 12.9. The van der Waals surface area contributed by atoms with Crippen molar-refractivity contribution >= 4 is 5.91 Å². The van der Waals surface area contributed by atoms with Crippen LogP contribution < -0.4 is 10.1 Å². The summed E-state index contributed by atoms with van der Waals surface area (Å²) in [5.74, 6) is 1.29. The number of hydrogen-bond acceptors (Lipinski definition) is 2. The minimum Gasteiger partial charge on any atom is -0.481 e. The van der Waals surface area contributed by atoms with Crippen molar-refractivity contribution in [2.75, 3.05) is 6.54 Å². The van der Waals surface area contributed by atoms with E-state index >= 15 is 0 Å². The Hall–Kier alpha value is -2.29. The Morgan fingerprint density at radius 2 is 1.67 bits per heavy atom. The van der Waals surface area contributed by atoms with Gasteiger partial charge in [-0.2, -0.15) is 0 Å². The molecule has 0 bridgehead atoms. The van der Waals surface area contributed by atoms with Crippen molar-refractivity contribution in [3.05, 3.63) is 64.7 Å². The molecule has 1 N–H and O–H groups in total. The first-order valence-electron chi connectivity index (χ1n) is 10.0. The average Bonchev–Trinajstić information content (AvgIpc) is 2.62. The van der Waals surface area contributed by atoms with Gasteiger partial charge in [0.25, 0.3) is 5.91 Å². The van der Waals surface area contributed by atoms with Crippen LogP contribution in [0.15, 0.2) is 42.5 Å². The van der Waals surface area contributed by atoms with Crippen molar-refractivity contribution in [3.63, 3.8) is 0 Å². The van der Waals surface area contributed by atoms with Gasteiger partial charge in [-0.1, -0.05) is 51.1 Å². The van der Waals surface area contributed by atoms with Crippen LogP contribution in [0.1, 0.15) is 61.8 Å². The zero-order valence-corrected chi connectivity index (χ0v) is 17.3. The normalized spacial score (nSPS) is 12.1. The summed E-state index contributed by atoms with van der Waals surface area (Å²) >= 11 is 0. The van der Waals surface area contributed by atoms with E-state index in [-0.39, 0.29) is 5.91 Å². The van der Waals surface area contributed by atoms with E-state index < -0.39 is 6.10 Å². The van der Waals surface area contributed by atoms with Crippen LogP contribution in [0, 0.1) is 13.8 Å². The molecule has 0 fully saturated rings. The van der Waals surface area contributed by atoms with Crippen LogP contribution in [0.25, 0.3) is 0 Å². The van der Waals surface area contributed by atoms with Crippen molar-refractivity contribution < 1.29 is 9.53 Å². The second kappa shape index (κ2) is 10.1. The van der Waals surface area contributed by atoms with Gasteiger partial charge in [-0.05, 0) is 73.4 Å². The van der Waals surface area contributed by atoms with Gasteiger partial charge in [0.1, 0.15) is 5.75 Å². The lowest BCUT2D eigenvalue weighted by molar-refractivity contribution is -0.128. The fourth-order valence-electron chi connectivity index (χ4n) is 3.17. The topological polar surface area (TPSA) is 38.3 Å². The summed E-state index contributed by atoms with van der Waals surface area (Å²) in [4.78, 5) is 12.4. The Morgan fingerprint density at radius 3 is 2.22 bits per heavy atom. The lowest BCUT2D eigenvalue weighted by atomic mass is 10.0. The molecule has 0 aliphatic heterocycles. The molecule has 2 aromatic carbocycles. The number of ether oxygens (including phenoxy) is 1. The number of nitrogens with one attached hydrogen (secondary N) is 1. The van der Waals surface area contributed by atoms with E-state index in [1.807, 2.05) is 32.9 Å². The second-order valence-electron chi connectivity index (χ2n) is 7.63. The van der Waals surface area contributed by atoms with Crippen LogP contribution in [0.2, 0.25) is 0 Å². The van der Waals surface area contributed by atoms with Crippen LogP contribution in [-0.2, 0) is 11.2 Å². The summed E-state index contributed by atoms with van der Waals surface area (Å²) in [6, 6.07) is 14.8. The van der Waals surface area contributed by atoms with Crippen LogP contribution in [0.3, 0.4) is 0 Å². The molecule has 27 heavy (non-hydrogen) atoms. The first-order valence-corrected chi connectivity index (χ1v) is 10.0. The number of benzene rings is 2. The van der Waals surface area contributed by atoms with E-state index in [4.69, 9.17) is 4.74 Å². The summed E-state index contributed by atoms with van der Waals surface area (Å²) in [7, 11) is 0. The predicted octanol–water partition coefficient (Wildman–Crippen LogP) is 5.33. The molecule has 0 aliphatic rings. The van der Waals surface area contributed by atoms with Crippen molar-refractivity contribution in [2.24, 2.45) is 0 Å². The van der Waals surface area contributed by atoms with E-state index in [0.29, 0.717) is 18.9 Å².